The van der Waals surface area contributed by atoms with E-state index in [1.54, 1.807) is 4.90 Å². The molecule has 2 N–H and O–H groups in total. The van der Waals surface area contributed by atoms with Crippen molar-refractivity contribution >= 4 is 23.9 Å². The van der Waals surface area contributed by atoms with Crippen molar-refractivity contribution in [3.8, 4) is 0 Å². The number of nitrogens with zero attached hydrogens (tertiary/aromatic N) is 2. The summed E-state index contributed by atoms with van der Waals surface area (Å²) in [6.45, 7) is 5.27. The van der Waals surface area contributed by atoms with Crippen molar-refractivity contribution in [1.29, 1.82) is 0 Å². The van der Waals surface area contributed by atoms with Gasteiger partial charge in [-0.15, -0.1) is 0 Å². The molecular weight excluding hydrogens is 366 g/mol. The molecule has 2 fully saturated rings. The number of hydrogen-bond donors (Lipinski definition) is 2. The quantitative estimate of drug-likeness (QED) is 0.656. The zero-order valence-electron chi connectivity index (χ0n) is 16.0. The first-order valence-corrected chi connectivity index (χ1v) is 9.96. The van der Waals surface area contributed by atoms with Crippen LogP contribution in [0.5, 0.6) is 0 Å². The normalized spacial score (nSPS) is 20.0. The maximum absolute atomic E-state index is 14.7. The highest BCUT2D eigenvalue weighted by molar-refractivity contribution is 5.67. The van der Waals surface area contributed by atoms with E-state index in [2.05, 4.69) is 15.5 Å². The molecule has 0 aliphatic carbocycles. The Labute approximate surface area is 164 Å². The fraction of sp³-hybridized carbons (Fsp3) is 0.600. The van der Waals surface area contributed by atoms with Crippen LogP contribution in [0, 0.1) is 11.6 Å². The van der Waals surface area contributed by atoms with Crippen LogP contribution in [0.2, 0.25) is 0 Å². The monoisotopic (exact) mass is 394 g/mol. The van der Waals surface area contributed by atoms with Crippen LogP contribution in [0.25, 0.3) is 0 Å². The van der Waals surface area contributed by atoms with Crippen molar-refractivity contribution in [2.24, 2.45) is 0 Å². The lowest BCUT2D eigenvalue weighted by Gasteiger charge is -2.41. The molecule has 28 heavy (non-hydrogen) atoms. The average molecular weight is 394 g/mol. The molecule has 0 spiro atoms. The van der Waals surface area contributed by atoms with E-state index in [0.29, 0.717) is 31.7 Å². The standard InChI is InChI=1S/C20H28F2N4O2/c21-18-12-16(24-15(14-28)2-1-11-27)13-19(22)20(18)26-7-3-17(4-8-26)25-9-5-23-6-10-25/h11-15,17,23-24H,1-10H2. The summed E-state index contributed by atoms with van der Waals surface area (Å²) < 4.78 is 29.3. The Morgan fingerprint density at radius 1 is 1.11 bits per heavy atom. The summed E-state index contributed by atoms with van der Waals surface area (Å²) in [5.41, 5.74) is 0.206. The van der Waals surface area contributed by atoms with Gasteiger partial charge in [0.1, 0.15) is 18.3 Å². The summed E-state index contributed by atoms with van der Waals surface area (Å²) in [5.74, 6) is -1.27. The summed E-state index contributed by atoms with van der Waals surface area (Å²) in [7, 11) is 0. The van der Waals surface area contributed by atoms with Crippen LogP contribution in [0.3, 0.4) is 0 Å². The number of carbonyl (C=O) groups is 2. The van der Waals surface area contributed by atoms with Gasteiger partial charge >= 0.3 is 0 Å². The van der Waals surface area contributed by atoms with Crippen LogP contribution in [-0.4, -0.2) is 68.8 Å². The van der Waals surface area contributed by atoms with E-state index in [1.165, 1.54) is 12.1 Å². The number of rotatable bonds is 8. The summed E-state index contributed by atoms with van der Waals surface area (Å²) in [6, 6.07) is 2.26. The molecule has 6 nitrogen and oxygen atoms in total. The third-order valence-corrected chi connectivity index (χ3v) is 5.58. The van der Waals surface area contributed by atoms with E-state index in [9.17, 15) is 18.4 Å². The molecule has 1 unspecified atom stereocenters. The zero-order chi connectivity index (χ0) is 19.9. The highest BCUT2D eigenvalue weighted by Crippen LogP contribution is 2.30. The maximum Gasteiger partial charge on any atom is 0.151 e. The molecule has 2 saturated heterocycles. The molecule has 154 valence electrons. The Kier molecular flexibility index (Phi) is 7.33. The van der Waals surface area contributed by atoms with Crippen molar-refractivity contribution in [1.82, 2.24) is 10.2 Å². The first-order valence-electron chi connectivity index (χ1n) is 9.96. The number of benzene rings is 1. The summed E-state index contributed by atoms with van der Waals surface area (Å²) in [6.07, 6.45) is 3.63. The molecule has 0 amide bonds. The predicted molar refractivity (Wildman–Crippen MR) is 105 cm³/mol. The van der Waals surface area contributed by atoms with Crippen molar-refractivity contribution < 1.29 is 18.4 Å². The lowest BCUT2D eigenvalue weighted by atomic mass is 10.0. The topological polar surface area (TPSA) is 64.7 Å². The minimum absolute atomic E-state index is 0.000134. The molecule has 1 aromatic rings. The third kappa shape index (κ3) is 5.05. The number of hydrogen-bond acceptors (Lipinski definition) is 6. The number of aldehydes is 2. The van der Waals surface area contributed by atoms with Crippen LogP contribution in [-0.2, 0) is 9.59 Å². The second-order valence-corrected chi connectivity index (χ2v) is 7.42. The lowest BCUT2D eigenvalue weighted by molar-refractivity contribution is -0.109. The van der Waals surface area contributed by atoms with Gasteiger partial charge in [-0.05, 0) is 31.4 Å². The number of nitrogens with one attached hydrogen (secondary N) is 2. The Morgan fingerprint density at radius 2 is 1.75 bits per heavy atom. The minimum atomic E-state index is -0.648. The van der Waals surface area contributed by atoms with E-state index in [-0.39, 0.29) is 24.2 Å². The van der Waals surface area contributed by atoms with Gasteiger partial charge in [0.15, 0.2) is 11.6 Å². The van der Waals surface area contributed by atoms with Crippen molar-refractivity contribution in [2.45, 2.75) is 37.8 Å². The zero-order valence-corrected chi connectivity index (χ0v) is 16.0. The van der Waals surface area contributed by atoms with Crippen molar-refractivity contribution in [3.63, 3.8) is 0 Å². The van der Waals surface area contributed by atoms with Gasteiger partial charge in [0, 0.05) is 57.4 Å². The SMILES string of the molecule is O=CCCC(C=O)Nc1cc(F)c(N2CCC(N3CCNCC3)CC2)c(F)c1. The predicted octanol–water partition coefficient (Wildman–Crippen LogP) is 1.80. The molecule has 0 aromatic heterocycles. The van der Waals surface area contributed by atoms with E-state index < -0.39 is 17.7 Å². The Bertz CT molecular complexity index is 651. The van der Waals surface area contributed by atoms with Crippen molar-refractivity contribution in [3.05, 3.63) is 23.8 Å². The summed E-state index contributed by atoms with van der Waals surface area (Å²) >= 11 is 0. The van der Waals surface area contributed by atoms with Crippen LogP contribution in [0.15, 0.2) is 12.1 Å². The van der Waals surface area contributed by atoms with E-state index in [4.69, 9.17) is 0 Å². The lowest BCUT2D eigenvalue weighted by Crippen LogP contribution is -2.52. The molecular formula is C20H28F2N4O2. The molecule has 3 rings (SSSR count). The van der Waals surface area contributed by atoms with Crippen LogP contribution >= 0.6 is 0 Å². The molecule has 2 aliphatic rings. The molecule has 8 heteroatoms. The molecule has 1 aromatic carbocycles. The van der Waals surface area contributed by atoms with Gasteiger partial charge in [-0.1, -0.05) is 0 Å². The second kappa shape index (κ2) is 9.93. The number of carbonyl (C=O) groups excluding carboxylic acids is 2. The summed E-state index contributed by atoms with van der Waals surface area (Å²) in [5, 5.41) is 6.13. The maximum atomic E-state index is 14.7. The first kappa shape index (κ1) is 20.7. The van der Waals surface area contributed by atoms with Crippen molar-refractivity contribution in [2.75, 3.05) is 49.5 Å². The second-order valence-electron chi connectivity index (χ2n) is 7.42. The molecule has 0 radical (unpaired) electrons. The molecule has 2 aliphatic heterocycles. The Balaban J connectivity index is 1.63. The van der Waals surface area contributed by atoms with Gasteiger partial charge in [-0.25, -0.2) is 8.78 Å². The van der Waals surface area contributed by atoms with Crippen LogP contribution in [0.1, 0.15) is 25.7 Å². The van der Waals surface area contributed by atoms with E-state index >= 15 is 0 Å². The molecule has 1 atom stereocenters. The number of piperazine rings is 1. The average Bonchev–Trinajstić information content (AvgIpc) is 2.72. The summed E-state index contributed by atoms with van der Waals surface area (Å²) in [4.78, 5) is 25.8. The van der Waals surface area contributed by atoms with Gasteiger partial charge in [0.2, 0.25) is 0 Å². The van der Waals surface area contributed by atoms with Crippen LogP contribution in [0.4, 0.5) is 20.2 Å². The van der Waals surface area contributed by atoms with Crippen LogP contribution < -0.4 is 15.5 Å². The fourth-order valence-electron chi connectivity index (χ4n) is 4.09. The first-order chi connectivity index (χ1) is 13.6. The van der Waals surface area contributed by atoms with Gasteiger partial charge in [0.05, 0.1) is 6.04 Å². The molecule has 2 heterocycles. The number of halogens is 2. The van der Waals surface area contributed by atoms with E-state index in [1.807, 2.05) is 0 Å². The largest absolute Gasteiger partial charge is 0.375 e. The molecule has 0 bridgehead atoms. The Hall–Kier alpha value is -2.06. The minimum Gasteiger partial charge on any atom is -0.375 e. The highest BCUT2D eigenvalue weighted by Gasteiger charge is 2.28. The Morgan fingerprint density at radius 3 is 2.32 bits per heavy atom. The smallest absolute Gasteiger partial charge is 0.151 e. The highest BCUT2D eigenvalue weighted by atomic mass is 19.1. The van der Waals surface area contributed by atoms with E-state index in [0.717, 1.165) is 39.0 Å². The molecule has 0 saturated carbocycles. The third-order valence-electron chi connectivity index (χ3n) is 5.58. The van der Waals surface area contributed by atoms with Gasteiger partial charge in [-0.2, -0.15) is 0 Å². The number of piperidine rings is 1. The van der Waals surface area contributed by atoms with Gasteiger partial charge in [-0.3, -0.25) is 4.90 Å². The number of anilines is 2. The van der Waals surface area contributed by atoms with Gasteiger partial charge in [0.25, 0.3) is 0 Å². The van der Waals surface area contributed by atoms with Gasteiger partial charge < -0.3 is 25.1 Å². The fourth-order valence-corrected chi connectivity index (χ4v) is 4.09.